The number of imide groups is 1. The van der Waals surface area contributed by atoms with Crippen molar-refractivity contribution >= 4 is 34.6 Å². The molecule has 9 nitrogen and oxygen atoms in total. The molecule has 1 spiro atoms. The van der Waals surface area contributed by atoms with E-state index in [1.165, 1.54) is 11.0 Å². The second kappa shape index (κ2) is 8.51. The Bertz CT molecular complexity index is 1180. The number of likely N-dealkylation sites (tertiary alicyclic amines) is 1. The number of fused-ring (bicyclic) bond motifs is 1. The zero-order valence-electron chi connectivity index (χ0n) is 20.3. The highest BCUT2D eigenvalue weighted by Gasteiger charge is 2.44. The van der Waals surface area contributed by atoms with E-state index < -0.39 is 17.4 Å². The minimum Gasteiger partial charge on any atom is -0.444 e. The van der Waals surface area contributed by atoms with E-state index in [1.54, 1.807) is 11.0 Å². The zero-order valence-corrected chi connectivity index (χ0v) is 20.3. The molecule has 0 saturated carbocycles. The van der Waals surface area contributed by atoms with Crippen LogP contribution in [0.3, 0.4) is 0 Å². The van der Waals surface area contributed by atoms with Crippen LogP contribution in [0.25, 0.3) is 10.9 Å². The second-order valence-electron chi connectivity index (χ2n) is 10.7. The molecule has 35 heavy (non-hydrogen) atoms. The Morgan fingerprint density at radius 1 is 1.20 bits per heavy atom. The number of carbonyl (C=O) groups is 3. The van der Waals surface area contributed by atoms with Crippen LogP contribution in [0, 0.1) is 5.82 Å². The lowest BCUT2D eigenvalue weighted by Gasteiger charge is -2.39. The van der Waals surface area contributed by atoms with E-state index in [2.05, 4.69) is 5.32 Å². The van der Waals surface area contributed by atoms with E-state index in [9.17, 15) is 14.4 Å². The number of halogens is 1. The van der Waals surface area contributed by atoms with Crippen molar-refractivity contribution in [3.63, 3.8) is 0 Å². The maximum Gasteiger partial charge on any atom is 0.410 e. The average Bonchev–Trinajstić information content (AvgIpc) is 3.37. The molecule has 4 heterocycles. The normalized spacial score (nSPS) is 22.7. The Hall–Kier alpha value is -3.14. The number of carbonyl (C=O) groups excluding carboxylic acids is 3. The summed E-state index contributed by atoms with van der Waals surface area (Å²) in [6.07, 6.45) is 4.00. The monoisotopic (exact) mass is 486 g/mol. The van der Waals surface area contributed by atoms with Gasteiger partial charge < -0.3 is 18.9 Å². The number of amides is 4. The lowest BCUT2D eigenvalue weighted by molar-refractivity contribution is -0.120. The van der Waals surface area contributed by atoms with Gasteiger partial charge in [0.1, 0.15) is 11.4 Å². The van der Waals surface area contributed by atoms with Crippen LogP contribution >= 0.6 is 0 Å². The largest absolute Gasteiger partial charge is 0.444 e. The fourth-order valence-electron chi connectivity index (χ4n) is 5.26. The molecule has 4 amide bonds. The summed E-state index contributed by atoms with van der Waals surface area (Å²) >= 11 is 0. The van der Waals surface area contributed by atoms with Crippen molar-refractivity contribution < 1.29 is 28.2 Å². The van der Waals surface area contributed by atoms with E-state index in [1.807, 2.05) is 37.6 Å². The van der Waals surface area contributed by atoms with Gasteiger partial charge in [0.05, 0.1) is 29.5 Å². The summed E-state index contributed by atoms with van der Waals surface area (Å²) in [6, 6.07) is 4.44. The summed E-state index contributed by atoms with van der Waals surface area (Å²) in [5, 5.41) is 3.05. The topological polar surface area (TPSA) is 93.1 Å². The van der Waals surface area contributed by atoms with Crippen LogP contribution in [0.2, 0.25) is 0 Å². The van der Waals surface area contributed by atoms with Gasteiger partial charge in [0.15, 0.2) is 0 Å². The molecule has 188 valence electrons. The van der Waals surface area contributed by atoms with Crippen LogP contribution in [-0.4, -0.2) is 64.9 Å². The molecule has 3 saturated heterocycles. The Kier molecular flexibility index (Phi) is 5.74. The number of rotatable bonds is 2. The van der Waals surface area contributed by atoms with Gasteiger partial charge in [0.25, 0.3) is 0 Å². The third-order valence-corrected chi connectivity index (χ3v) is 7.04. The highest BCUT2D eigenvalue weighted by atomic mass is 19.1. The smallest absolute Gasteiger partial charge is 0.410 e. The van der Waals surface area contributed by atoms with Crippen molar-refractivity contribution in [3.8, 4) is 0 Å². The SMILES string of the molecule is CC(C)(C)OC(=O)N1CCC2(CC1)CC(n1ccc3cc(N4CCC(=O)NC4=O)c(F)cc31)CO2. The van der Waals surface area contributed by atoms with Crippen molar-refractivity contribution in [2.24, 2.45) is 0 Å². The Morgan fingerprint density at radius 2 is 1.94 bits per heavy atom. The number of nitrogens with one attached hydrogen (secondary N) is 1. The summed E-state index contributed by atoms with van der Waals surface area (Å²) in [6.45, 7) is 7.38. The Balaban J connectivity index is 1.29. The molecule has 3 aliphatic rings. The van der Waals surface area contributed by atoms with Crippen LogP contribution in [0.1, 0.15) is 52.5 Å². The molecule has 3 aliphatic heterocycles. The van der Waals surface area contributed by atoms with Crippen molar-refractivity contribution in [3.05, 3.63) is 30.2 Å². The van der Waals surface area contributed by atoms with Crippen LogP contribution in [0.4, 0.5) is 19.7 Å². The summed E-state index contributed by atoms with van der Waals surface area (Å²) in [7, 11) is 0. The molecule has 0 bridgehead atoms. The minimum absolute atomic E-state index is 0.0433. The molecule has 2 aromatic rings. The van der Waals surface area contributed by atoms with Crippen molar-refractivity contribution in [2.45, 2.75) is 63.7 Å². The van der Waals surface area contributed by atoms with Gasteiger partial charge in [-0.15, -0.1) is 0 Å². The van der Waals surface area contributed by atoms with Gasteiger partial charge in [-0.2, -0.15) is 0 Å². The van der Waals surface area contributed by atoms with Crippen molar-refractivity contribution in [2.75, 3.05) is 31.1 Å². The maximum absolute atomic E-state index is 15.1. The number of piperidine rings is 1. The lowest BCUT2D eigenvalue weighted by atomic mass is 9.87. The zero-order chi connectivity index (χ0) is 25.0. The van der Waals surface area contributed by atoms with Gasteiger partial charge in [-0.25, -0.2) is 14.0 Å². The Labute approximate surface area is 203 Å². The third-order valence-electron chi connectivity index (χ3n) is 7.04. The molecule has 1 atom stereocenters. The van der Waals surface area contributed by atoms with E-state index in [0.29, 0.717) is 19.7 Å². The van der Waals surface area contributed by atoms with Crippen LogP contribution in [0.5, 0.6) is 0 Å². The second-order valence-corrected chi connectivity index (χ2v) is 10.7. The van der Waals surface area contributed by atoms with E-state index in [0.717, 1.165) is 30.2 Å². The molecule has 0 radical (unpaired) electrons. The van der Waals surface area contributed by atoms with E-state index >= 15 is 4.39 Å². The van der Waals surface area contributed by atoms with Crippen LogP contribution in [0.15, 0.2) is 24.4 Å². The molecular weight excluding hydrogens is 455 g/mol. The first-order chi connectivity index (χ1) is 16.5. The summed E-state index contributed by atoms with van der Waals surface area (Å²) in [5.74, 6) is -0.868. The number of anilines is 1. The number of hydrogen-bond donors (Lipinski definition) is 1. The highest BCUT2D eigenvalue weighted by molar-refractivity contribution is 6.06. The van der Waals surface area contributed by atoms with Gasteiger partial charge in [0, 0.05) is 43.7 Å². The minimum atomic E-state index is -0.609. The standard InChI is InChI=1S/C25H31FN4O5/c1-24(2,3)35-23(33)28-10-6-25(7-11-28)14-17(15-34-25)29-8-4-16-12-20(18(26)13-19(16)29)30-9-5-21(31)27-22(30)32/h4,8,12-13,17H,5-7,9-11,14-15H2,1-3H3,(H,27,31,32). The molecule has 5 rings (SSSR count). The maximum atomic E-state index is 15.1. The van der Waals surface area contributed by atoms with Crippen molar-refractivity contribution in [1.82, 2.24) is 14.8 Å². The molecule has 0 aliphatic carbocycles. The van der Waals surface area contributed by atoms with Gasteiger partial charge in [0.2, 0.25) is 5.91 Å². The van der Waals surface area contributed by atoms with Gasteiger partial charge in [-0.05, 0) is 52.2 Å². The summed E-state index contributed by atoms with van der Waals surface area (Å²) in [5.41, 5.74) is 0.0584. The number of urea groups is 1. The summed E-state index contributed by atoms with van der Waals surface area (Å²) < 4.78 is 28.9. The predicted molar refractivity (Wildman–Crippen MR) is 127 cm³/mol. The first-order valence-corrected chi connectivity index (χ1v) is 12.1. The first kappa shape index (κ1) is 23.6. The predicted octanol–water partition coefficient (Wildman–Crippen LogP) is 3.96. The van der Waals surface area contributed by atoms with Gasteiger partial charge >= 0.3 is 12.1 Å². The Morgan fingerprint density at radius 3 is 2.63 bits per heavy atom. The van der Waals surface area contributed by atoms with E-state index in [4.69, 9.17) is 9.47 Å². The summed E-state index contributed by atoms with van der Waals surface area (Å²) in [4.78, 5) is 39.0. The lowest BCUT2D eigenvalue weighted by Crippen LogP contribution is -2.49. The third kappa shape index (κ3) is 4.59. The van der Waals surface area contributed by atoms with Gasteiger partial charge in [-0.3, -0.25) is 15.0 Å². The quantitative estimate of drug-likeness (QED) is 0.694. The molecule has 10 heteroatoms. The molecule has 1 aromatic heterocycles. The number of aromatic nitrogens is 1. The number of nitrogens with zero attached hydrogens (tertiary/aromatic N) is 3. The molecule has 1 unspecified atom stereocenters. The molecule has 1 N–H and O–H groups in total. The van der Waals surface area contributed by atoms with Crippen molar-refractivity contribution in [1.29, 1.82) is 0 Å². The molecular formula is C25H31FN4O5. The molecule has 3 fully saturated rings. The van der Waals surface area contributed by atoms with Crippen LogP contribution < -0.4 is 10.2 Å². The number of hydrogen-bond acceptors (Lipinski definition) is 5. The average molecular weight is 487 g/mol. The number of ether oxygens (including phenoxy) is 2. The highest BCUT2D eigenvalue weighted by Crippen LogP contribution is 2.42. The van der Waals surface area contributed by atoms with Gasteiger partial charge in [-0.1, -0.05) is 0 Å². The fraction of sp³-hybridized carbons (Fsp3) is 0.560. The molecule has 1 aromatic carbocycles. The van der Waals surface area contributed by atoms with E-state index in [-0.39, 0.29) is 42.3 Å². The van der Waals surface area contributed by atoms with Crippen LogP contribution in [-0.2, 0) is 14.3 Å². The fourth-order valence-corrected chi connectivity index (χ4v) is 5.26. The first-order valence-electron chi connectivity index (χ1n) is 12.1. The number of benzene rings is 1.